The van der Waals surface area contributed by atoms with E-state index in [1.807, 2.05) is 0 Å². The van der Waals surface area contributed by atoms with Crippen molar-refractivity contribution < 1.29 is 4.21 Å². The van der Waals surface area contributed by atoms with Gasteiger partial charge in [0, 0.05) is 35.4 Å². The molecule has 0 spiro atoms. The van der Waals surface area contributed by atoms with Crippen LogP contribution in [0.2, 0.25) is 0 Å². The van der Waals surface area contributed by atoms with Gasteiger partial charge in [0.1, 0.15) is 0 Å². The van der Waals surface area contributed by atoms with Gasteiger partial charge in [0.15, 0.2) is 0 Å². The van der Waals surface area contributed by atoms with E-state index in [4.69, 9.17) is 0 Å². The third-order valence-electron chi connectivity index (χ3n) is 2.94. The van der Waals surface area contributed by atoms with E-state index < -0.39 is 10.8 Å². The molecule has 0 aromatic heterocycles. The molecular formula is C11H24N2OS. The van der Waals surface area contributed by atoms with Crippen molar-refractivity contribution in [2.45, 2.75) is 26.3 Å². The summed E-state index contributed by atoms with van der Waals surface area (Å²) in [6.07, 6.45) is 3.00. The van der Waals surface area contributed by atoms with Gasteiger partial charge in [0.2, 0.25) is 0 Å². The number of nitrogens with one attached hydrogen (secondary N) is 1. The first-order chi connectivity index (χ1) is 7.09. The first-order valence-electron chi connectivity index (χ1n) is 5.84. The monoisotopic (exact) mass is 232 g/mol. The zero-order valence-corrected chi connectivity index (χ0v) is 11.0. The minimum atomic E-state index is -0.676. The van der Waals surface area contributed by atoms with Crippen molar-refractivity contribution in [3.63, 3.8) is 0 Å². The van der Waals surface area contributed by atoms with Crippen molar-refractivity contribution in [1.29, 1.82) is 0 Å². The normalized spacial score (nSPS) is 29.1. The van der Waals surface area contributed by atoms with Crippen LogP contribution in [-0.2, 0) is 10.8 Å². The lowest BCUT2D eigenvalue weighted by Gasteiger charge is -2.33. The molecule has 3 nitrogen and oxygen atoms in total. The Balaban J connectivity index is 2.45. The summed E-state index contributed by atoms with van der Waals surface area (Å²) in [4.78, 5) is 2.49. The zero-order chi connectivity index (χ0) is 11.3. The number of hydrogen-bond acceptors (Lipinski definition) is 3. The second-order valence-corrected chi connectivity index (χ2v) is 6.23. The number of nitrogens with zero attached hydrogens (tertiary/aromatic N) is 1. The van der Waals surface area contributed by atoms with Gasteiger partial charge in [-0.1, -0.05) is 6.92 Å². The van der Waals surface area contributed by atoms with Gasteiger partial charge in [0.05, 0.1) is 0 Å². The van der Waals surface area contributed by atoms with E-state index in [2.05, 4.69) is 24.1 Å². The van der Waals surface area contributed by atoms with Crippen LogP contribution in [0, 0.1) is 5.92 Å². The van der Waals surface area contributed by atoms with Crippen LogP contribution in [0.25, 0.3) is 0 Å². The molecule has 0 aliphatic carbocycles. The lowest BCUT2D eigenvalue weighted by atomic mass is 10.1. The maximum atomic E-state index is 11.2. The Kier molecular flexibility index (Phi) is 5.79. The van der Waals surface area contributed by atoms with E-state index in [1.54, 1.807) is 6.26 Å². The maximum absolute atomic E-state index is 11.2. The molecule has 0 radical (unpaired) electrons. The molecule has 1 aliphatic heterocycles. The molecule has 0 saturated carbocycles. The highest BCUT2D eigenvalue weighted by molar-refractivity contribution is 7.84. The highest BCUT2D eigenvalue weighted by Crippen LogP contribution is 2.08. The summed E-state index contributed by atoms with van der Waals surface area (Å²) in [5.41, 5.74) is 0. The van der Waals surface area contributed by atoms with Crippen LogP contribution < -0.4 is 5.32 Å². The van der Waals surface area contributed by atoms with Crippen molar-refractivity contribution in [3.8, 4) is 0 Å². The Morgan fingerprint density at radius 3 is 3.00 bits per heavy atom. The van der Waals surface area contributed by atoms with Gasteiger partial charge in [-0.25, -0.2) is 0 Å². The molecule has 1 heterocycles. The Labute approximate surface area is 96.1 Å². The Morgan fingerprint density at radius 2 is 2.33 bits per heavy atom. The summed E-state index contributed by atoms with van der Waals surface area (Å²) in [5.74, 6) is 1.50. The molecule has 90 valence electrons. The van der Waals surface area contributed by atoms with Gasteiger partial charge in [-0.15, -0.1) is 0 Å². The first-order valence-corrected chi connectivity index (χ1v) is 7.57. The standard InChI is InChI=1S/C11H24N2OS/c1-10-7-12-5-4-6-13(8-10)11(2)9-15(3)14/h10-12H,4-9H2,1-3H3. The van der Waals surface area contributed by atoms with Gasteiger partial charge in [-0.3, -0.25) is 9.11 Å². The van der Waals surface area contributed by atoms with E-state index in [9.17, 15) is 4.21 Å². The Morgan fingerprint density at radius 1 is 1.60 bits per heavy atom. The third-order valence-corrected chi connectivity index (χ3v) is 3.89. The Bertz CT molecular complexity index is 211. The SMILES string of the molecule is CC1CNCCCN(C(C)CS(C)=O)C1. The highest BCUT2D eigenvalue weighted by atomic mass is 32.2. The maximum Gasteiger partial charge on any atom is 0.0385 e. The van der Waals surface area contributed by atoms with E-state index in [0.29, 0.717) is 12.0 Å². The van der Waals surface area contributed by atoms with E-state index in [0.717, 1.165) is 31.9 Å². The predicted molar refractivity (Wildman–Crippen MR) is 66.6 cm³/mol. The molecule has 1 aliphatic rings. The smallest absolute Gasteiger partial charge is 0.0385 e. The van der Waals surface area contributed by atoms with Gasteiger partial charge in [-0.05, 0) is 38.9 Å². The second-order valence-electron chi connectivity index (χ2n) is 4.75. The van der Waals surface area contributed by atoms with E-state index >= 15 is 0 Å². The Hall–Kier alpha value is 0.0700. The summed E-state index contributed by atoms with van der Waals surface area (Å²) >= 11 is 0. The topological polar surface area (TPSA) is 32.3 Å². The van der Waals surface area contributed by atoms with Crippen LogP contribution in [0.4, 0.5) is 0 Å². The average molecular weight is 232 g/mol. The second kappa shape index (κ2) is 6.61. The van der Waals surface area contributed by atoms with Crippen molar-refractivity contribution in [2.75, 3.05) is 38.2 Å². The quantitative estimate of drug-likeness (QED) is 0.777. The molecule has 4 heteroatoms. The fourth-order valence-electron chi connectivity index (χ4n) is 2.16. The molecule has 0 bridgehead atoms. The highest BCUT2D eigenvalue weighted by Gasteiger charge is 2.18. The largest absolute Gasteiger partial charge is 0.316 e. The number of hydrogen-bond donors (Lipinski definition) is 1. The molecular weight excluding hydrogens is 208 g/mol. The summed E-state index contributed by atoms with van der Waals surface area (Å²) in [5, 5.41) is 3.45. The van der Waals surface area contributed by atoms with Crippen LogP contribution in [-0.4, -0.2) is 53.3 Å². The van der Waals surface area contributed by atoms with Crippen molar-refractivity contribution >= 4 is 10.8 Å². The molecule has 1 N–H and O–H groups in total. The summed E-state index contributed by atoms with van der Waals surface area (Å²) in [7, 11) is -0.676. The van der Waals surface area contributed by atoms with Crippen LogP contribution >= 0.6 is 0 Å². The molecule has 0 aromatic rings. The summed E-state index contributed by atoms with van der Waals surface area (Å²) in [6, 6.07) is 0.455. The zero-order valence-electron chi connectivity index (χ0n) is 10.2. The summed E-state index contributed by atoms with van der Waals surface area (Å²) in [6.45, 7) is 8.96. The van der Waals surface area contributed by atoms with Gasteiger partial charge in [-0.2, -0.15) is 0 Å². The van der Waals surface area contributed by atoms with E-state index in [1.165, 1.54) is 6.42 Å². The molecule has 1 saturated heterocycles. The van der Waals surface area contributed by atoms with Crippen molar-refractivity contribution in [2.24, 2.45) is 5.92 Å². The lowest BCUT2D eigenvalue weighted by molar-refractivity contribution is 0.178. The molecule has 0 amide bonds. The molecule has 1 rings (SSSR count). The fourth-order valence-corrected chi connectivity index (χ4v) is 3.05. The van der Waals surface area contributed by atoms with Crippen molar-refractivity contribution in [3.05, 3.63) is 0 Å². The molecule has 3 atom stereocenters. The third kappa shape index (κ3) is 5.09. The van der Waals surface area contributed by atoms with E-state index in [-0.39, 0.29) is 0 Å². The summed E-state index contributed by atoms with van der Waals surface area (Å²) < 4.78 is 11.2. The lowest BCUT2D eigenvalue weighted by Crippen LogP contribution is -2.44. The molecule has 1 fully saturated rings. The molecule has 3 unspecified atom stereocenters. The molecule has 15 heavy (non-hydrogen) atoms. The minimum Gasteiger partial charge on any atom is -0.316 e. The van der Waals surface area contributed by atoms with Crippen LogP contribution in [0.3, 0.4) is 0 Å². The molecule has 0 aromatic carbocycles. The van der Waals surface area contributed by atoms with Gasteiger partial charge >= 0.3 is 0 Å². The van der Waals surface area contributed by atoms with Crippen LogP contribution in [0.1, 0.15) is 20.3 Å². The average Bonchev–Trinajstić information content (AvgIpc) is 2.09. The van der Waals surface area contributed by atoms with Gasteiger partial charge in [0.25, 0.3) is 0 Å². The predicted octanol–water partition coefficient (Wildman–Crippen LogP) is 0.685. The van der Waals surface area contributed by atoms with Crippen LogP contribution in [0.5, 0.6) is 0 Å². The number of rotatable bonds is 3. The fraction of sp³-hybridized carbons (Fsp3) is 1.00. The van der Waals surface area contributed by atoms with Crippen LogP contribution in [0.15, 0.2) is 0 Å². The minimum absolute atomic E-state index is 0.455. The first kappa shape index (κ1) is 13.1. The van der Waals surface area contributed by atoms with Gasteiger partial charge < -0.3 is 5.32 Å². The van der Waals surface area contributed by atoms with Crippen molar-refractivity contribution in [1.82, 2.24) is 10.2 Å².